The SMILES string of the molecule is CCOc1ccc(C(=O)N2CCCN(C(=O)CC)CC2)cc1F. The molecule has 1 heterocycles. The first-order valence-electron chi connectivity index (χ1n) is 8.06. The maximum atomic E-state index is 13.9. The molecule has 1 fully saturated rings. The van der Waals surface area contributed by atoms with Crippen molar-refractivity contribution in [2.45, 2.75) is 26.7 Å². The lowest BCUT2D eigenvalue weighted by Crippen LogP contribution is -2.37. The molecule has 1 aliphatic heterocycles. The van der Waals surface area contributed by atoms with Crippen molar-refractivity contribution in [1.29, 1.82) is 0 Å². The van der Waals surface area contributed by atoms with Gasteiger partial charge in [0.2, 0.25) is 5.91 Å². The molecule has 0 aliphatic carbocycles. The molecule has 1 aromatic rings. The summed E-state index contributed by atoms with van der Waals surface area (Å²) in [5.74, 6) is -0.487. The lowest BCUT2D eigenvalue weighted by molar-refractivity contribution is -0.130. The van der Waals surface area contributed by atoms with E-state index in [1.165, 1.54) is 12.1 Å². The zero-order valence-corrected chi connectivity index (χ0v) is 13.7. The molecular formula is C17H23FN2O3. The van der Waals surface area contributed by atoms with E-state index < -0.39 is 5.82 Å². The molecule has 0 radical (unpaired) electrons. The van der Waals surface area contributed by atoms with Crippen molar-refractivity contribution >= 4 is 11.8 Å². The normalized spacial score (nSPS) is 15.3. The fourth-order valence-corrected chi connectivity index (χ4v) is 2.68. The quantitative estimate of drug-likeness (QED) is 0.855. The molecule has 1 aromatic carbocycles. The Balaban J connectivity index is 2.05. The lowest BCUT2D eigenvalue weighted by Gasteiger charge is -2.22. The Hall–Kier alpha value is -2.11. The van der Waals surface area contributed by atoms with Crippen molar-refractivity contribution in [3.05, 3.63) is 29.6 Å². The highest BCUT2D eigenvalue weighted by Crippen LogP contribution is 2.20. The van der Waals surface area contributed by atoms with E-state index in [2.05, 4.69) is 0 Å². The molecule has 0 saturated carbocycles. The minimum Gasteiger partial charge on any atom is -0.491 e. The monoisotopic (exact) mass is 322 g/mol. The Bertz CT molecular complexity index is 577. The van der Waals surface area contributed by atoms with Crippen LogP contribution in [0.3, 0.4) is 0 Å². The second-order valence-corrected chi connectivity index (χ2v) is 5.46. The fourth-order valence-electron chi connectivity index (χ4n) is 2.68. The number of carbonyl (C=O) groups excluding carboxylic acids is 2. The number of hydrogen-bond acceptors (Lipinski definition) is 3. The van der Waals surface area contributed by atoms with Crippen molar-refractivity contribution in [2.75, 3.05) is 32.8 Å². The highest BCUT2D eigenvalue weighted by atomic mass is 19.1. The van der Waals surface area contributed by atoms with Gasteiger partial charge in [-0.15, -0.1) is 0 Å². The molecule has 2 amide bonds. The summed E-state index contributed by atoms with van der Waals surface area (Å²) in [7, 11) is 0. The Labute approximate surface area is 136 Å². The van der Waals surface area contributed by atoms with Crippen LogP contribution < -0.4 is 4.74 Å². The van der Waals surface area contributed by atoms with Gasteiger partial charge in [0.1, 0.15) is 0 Å². The van der Waals surface area contributed by atoms with Gasteiger partial charge in [-0.3, -0.25) is 9.59 Å². The van der Waals surface area contributed by atoms with E-state index in [4.69, 9.17) is 4.74 Å². The van der Waals surface area contributed by atoms with Crippen LogP contribution in [0.5, 0.6) is 5.75 Å². The molecule has 0 aromatic heterocycles. The van der Waals surface area contributed by atoms with Crippen LogP contribution in [-0.2, 0) is 4.79 Å². The smallest absolute Gasteiger partial charge is 0.254 e. The third-order valence-electron chi connectivity index (χ3n) is 3.92. The summed E-state index contributed by atoms with van der Waals surface area (Å²) in [6.07, 6.45) is 1.20. The third kappa shape index (κ3) is 4.21. The van der Waals surface area contributed by atoms with Gasteiger partial charge in [-0.2, -0.15) is 0 Å². The number of amides is 2. The first kappa shape index (κ1) is 17.2. The van der Waals surface area contributed by atoms with Crippen LogP contribution in [0.1, 0.15) is 37.0 Å². The first-order chi connectivity index (χ1) is 11.1. The topological polar surface area (TPSA) is 49.9 Å². The molecule has 6 heteroatoms. The standard InChI is InChI=1S/C17H23FN2O3/c1-3-16(21)19-8-5-9-20(11-10-19)17(22)13-6-7-15(23-4-2)14(18)12-13/h6-7,12H,3-5,8-11H2,1-2H3. The molecule has 2 rings (SSSR count). The summed E-state index contributed by atoms with van der Waals surface area (Å²) in [5, 5.41) is 0. The van der Waals surface area contributed by atoms with Crippen LogP contribution in [0.4, 0.5) is 4.39 Å². The number of hydrogen-bond donors (Lipinski definition) is 0. The first-order valence-corrected chi connectivity index (χ1v) is 8.06. The molecule has 0 atom stereocenters. The number of halogens is 1. The van der Waals surface area contributed by atoms with E-state index in [0.29, 0.717) is 44.8 Å². The molecule has 126 valence electrons. The molecule has 1 aliphatic rings. The van der Waals surface area contributed by atoms with E-state index in [0.717, 1.165) is 6.42 Å². The number of carbonyl (C=O) groups is 2. The molecule has 23 heavy (non-hydrogen) atoms. The van der Waals surface area contributed by atoms with Crippen LogP contribution >= 0.6 is 0 Å². The average molecular weight is 322 g/mol. The predicted molar refractivity (Wildman–Crippen MR) is 85.0 cm³/mol. The van der Waals surface area contributed by atoms with Gasteiger partial charge in [0.15, 0.2) is 11.6 Å². The number of benzene rings is 1. The molecule has 5 nitrogen and oxygen atoms in total. The highest BCUT2D eigenvalue weighted by Gasteiger charge is 2.22. The van der Waals surface area contributed by atoms with Crippen LogP contribution in [-0.4, -0.2) is 54.4 Å². The van der Waals surface area contributed by atoms with E-state index >= 15 is 0 Å². The van der Waals surface area contributed by atoms with E-state index in [1.54, 1.807) is 22.8 Å². The summed E-state index contributed by atoms with van der Waals surface area (Å²) >= 11 is 0. The van der Waals surface area contributed by atoms with Crippen molar-refractivity contribution in [2.24, 2.45) is 0 Å². The largest absolute Gasteiger partial charge is 0.491 e. The maximum absolute atomic E-state index is 13.9. The van der Waals surface area contributed by atoms with Gasteiger partial charge in [-0.05, 0) is 31.5 Å². The second kappa shape index (κ2) is 7.94. The third-order valence-corrected chi connectivity index (χ3v) is 3.92. The Morgan fingerprint density at radius 2 is 1.83 bits per heavy atom. The number of rotatable bonds is 4. The summed E-state index contributed by atoms with van der Waals surface area (Å²) in [6, 6.07) is 4.28. The summed E-state index contributed by atoms with van der Waals surface area (Å²) in [4.78, 5) is 27.8. The molecule has 0 N–H and O–H groups in total. The van der Waals surface area contributed by atoms with Gasteiger partial charge in [-0.25, -0.2) is 4.39 Å². The maximum Gasteiger partial charge on any atom is 0.254 e. The Morgan fingerprint density at radius 3 is 2.48 bits per heavy atom. The minimum atomic E-state index is -0.532. The Kier molecular flexibility index (Phi) is 5.96. The van der Waals surface area contributed by atoms with Gasteiger partial charge in [0.25, 0.3) is 5.91 Å². The number of nitrogens with zero attached hydrogens (tertiary/aromatic N) is 2. The minimum absolute atomic E-state index is 0.103. The van der Waals surface area contributed by atoms with Crippen molar-refractivity contribution in [3.8, 4) is 5.75 Å². The zero-order valence-electron chi connectivity index (χ0n) is 13.7. The Morgan fingerprint density at radius 1 is 1.13 bits per heavy atom. The van der Waals surface area contributed by atoms with Gasteiger partial charge >= 0.3 is 0 Å². The van der Waals surface area contributed by atoms with Crippen LogP contribution in [0.25, 0.3) is 0 Å². The van der Waals surface area contributed by atoms with Crippen LogP contribution in [0.15, 0.2) is 18.2 Å². The zero-order chi connectivity index (χ0) is 16.8. The van der Waals surface area contributed by atoms with Crippen molar-refractivity contribution < 1.29 is 18.7 Å². The fraction of sp³-hybridized carbons (Fsp3) is 0.529. The molecule has 0 bridgehead atoms. The van der Waals surface area contributed by atoms with Crippen molar-refractivity contribution in [1.82, 2.24) is 9.80 Å². The second-order valence-electron chi connectivity index (χ2n) is 5.46. The molecule has 1 saturated heterocycles. The summed E-state index contributed by atoms with van der Waals surface area (Å²) in [5.41, 5.74) is 0.307. The lowest BCUT2D eigenvalue weighted by atomic mass is 10.1. The summed E-state index contributed by atoms with van der Waals surface area (Å²) in [6.45, 7) is 6.21. The summed E-state index contributed by atoms with van der Waals surface area (Å²) < 4.78 is 19.1. The number of ether oxygens (including phenoxy) is 1. The van der Waals surface area contributed by atoms with Gasteiger partial charge in [0.05, 0.1) is 6.61 Å². The highest BCUT2D eigenvalue weighted by molar-refractivity contribution is 5.94. The van der Waals surface area contributed by atoms with E-state index in [9.17, 15) is 14.0 Å². The molecular weight excluding hydrogens is 299 g/mol. The van der Waals surface area contributed by atoms with Crippen LogP contribution in [0.2, 0.25) is 0 Å². The van der Waals surface area contributed by atoms with Gasteiger partial charge in [0, 0.05) is 38.2 Å². The molecule has 0 spiro atoms. The van der Waals surface area contributed by atoms with Crippen molar-refractivity contribution in [3.63, 3.8) is 0 Å². The van der Waals surface area contributed by atoms with E-state index in [-0.39, 0.29) is 17.6 Å². The van der Waals surface area contributed by atoms with Crippen LogP contribution in [0, 0.1) is 5.82 Å². The predicted octanol–water partition coefficient (Wildman–Crippen LogP) is 2.31. The average Bonchev–Trinajstić information content (AvgIpc) is 2.81. The van der Waals surface area contributed by atoms with Gasteiger partial charge in [-0.1, -0.05) is 6.92 Å². The van der Waals surface area contributed by atoms with E-state index in [1.807, 2.05) is 6.92 Å². The molecule has 0 unspecified atom stereocenters. The van der Waals surface area contributed by atoms with Gasteiger partial charge < -0.3 is 14.5 Å².